The number of rotatable bonds is 7. The molecule has 1 unspecified atom stereocenters. The second-order valence-electron chi connectivity index (χ2n) is 12.7. The molecule has 3 amide bonds. The predicted octanol–water partition coefficient (Wildman–Crippen LogP) is 2.02. The zero-order valence-corrected chi connectivity index (χ0v) is 25.5. The fourth-order valence-corrected chi connectivity index (χ4v) is 8.00. The number of carbonyl (C=O) groups excluding carboxylic acids is 3. The van der Waals surface area contributed by atoms with Gasteiger partial charge in [-0.25, -0.2) is 0 Å². The average molecular weight is 613 g/mol. The Bertz CT molecular complexity index is 1490. The maximum absolute atomic E-state index is 14.9. The van der Waals surface area contributed by atoms with E-state index in [1.54, 1.807) is 9.80 Å². The fourth-order valence-electron chi connectivity index (χ4n) is 8.00. The lowest BCUT2D eigenvalue weighted by atomic mass is 9.74. The Morgan fingerprint density at radius 2 is 1.53 bits per heavy atom. The Kier molecular flexibility index (Phi) is 7.85. The molecule has 5 aliphatic rings. The van der Waals surface area contributed by atoms with Crippen LogP contribution in [0.25, 0.3) is 0 Å². The van der Waals surface area contributed by atoms with Crippen LogP contribution in [-0.4, -0.2) is 114 Å². The summed E-state index contributed by atoms with van der Waals surface area (Å²) >= 11 is 0. The molecule has 5 heterocycles. The molecule has 0 saturated carbocycles. The molecule has 5 aliphatic heterocycles. The van der Waals surface area contributed by atoms with Gasteiger partial charge in [-0.15, -0.1) is 0 Å². The highest BCUT2D eigenvalue weighted by Gasteiger charge is 2.75. The summed E-state index contributed by atoms with van der Waals surface area (Å²) in [6.45, 7) is 6.23. The summed E-state index contributed by atoms with van der Waals surface area (Å²) in [5.74, 6) is -2.68. The third kappa shape index (κ3) is 4.91. The molecule has 236 valence electrons. The highest BCUT2D eigenvalue weighted by atomic mass is 16.5. The molecule has 45 heavy (non-hydrogen) atoms. The third-order valence-corrected chi connectivity index (χ3v) is 10.1. The SMILES string of the molecule is C[C@]12C=CCN(c3ccccc3)C(=O)[C@H]1[C@H]1C(=O)N([C@H](CO)c3ccccc3)C3C(=O)N(CCN4CCOCC4)CC=C[C@@]31O2. The van der Waals surface area contributed by atoms with E-state index in [2.05, 4.69) is 4.90 Å². The van der Waals surface area contributed by atoms with Crippen LogP contribution in [0.2, 0.25) is 0 Å². The summed E-state index contributed by atoms with van der Waals surface area (Å²) in [6, 6.07) is 16.8. The van der Waals surface area contributed by atoms with Crippen molar-refractivity contribution in [2.24, 2.45) is 11.8 Å². The number of aliphatic hydroxyl groups is 1. The molecule has 0 radical (unpaired) electrons. The van der Waals surface area contributed by atoms with Crippen LogP contribution in [0.1, 0.15) is 18.5 Å². The Morgan fingerprint density at radius 3 is 2.24 bits per heavy atom. The smallest absolute Gasteiger partial charge is 0.249 e. The van der Waals surface area contributed by atoms with Crippen molar-refractivity contribution in [1.82, 2.24) is 14.7 Å². The van der Waals surface area contributed by atoms with Crippen molar-refractivity contribution < 1.29 is 29.0 Å². The molecule has 1 N–H and O–H groups in total. The van der Waals surface area contributed by atoms with Crippen LogP contribution in [-0.2, 0) is 23.9 Å². The van der Waals surface area contributed by atoms with Crippen molar-refractivity contribution in [3.8, 4) is 0 Å². The van der Waals surface area contributed by atoms with E-state index in [0.29, 0.717) is 45.0 Å². The van der Waals surface area contributed by atoms with Gasteiger partial charge in [0.05, 0.1) is 43.3 Å². The summed E-state index contributed by atoms with van der Waals surface area (Å²) in [4.78, 5) is 51.5. The van der Waals surface area contributed by atoms with Gasteiger partial charge in [0.25, 0.3) is 0 Å². The zero-order chi connectivity index (χ0) is 31.2. The van der Waals surface area contributed by atoms with Gasteiger partial charge in [-0.1, -0.05) is 72.8 Å². The quantitative estimate of drug-likeness (QED) is 0.478. The molecule has 3 saturated heterocycles. The van der Waals surface area contributed by atoms with E-state index in [-0.39, 0.29) is 24.3 Å². The second-order valence-corrected chi connectivity index (χ2v) is 12.7. The number of amides is 3. The minimum atomic E-state index is -1.40. The first-order chi connectivity index (χ1) is 21.9. The van der Waals surface area contributed by atoms with E-state index in [0.717, 1.165) is 18.8 Å². The van der Waals surface area contributed by atoms with Crippen LogP contribution in [0.5, 0.6) is 0 Å². The number of hydrogen-bond donors (Lipinski definition) is 1. The summed E-state index contributed by atoms with van der Waals surface area (Å²) in [5.41, 5.74) is -1.08. The number of hydrogen-bond acceptors (Lipinski definition) is 7. The van der Waals surface area contributed by atoms with Crippen molar-refractivity contribution in [1.29, 1.82) is 0 Å². The van der Waals surface area contributed by atoms with Crippen LogP contribution >= 0.6 is 0 Å². The molecule has 3 fully saturated rings. The van der Waals surface area contributed by atoms with Crippen LogP contribution in [0.3, 0.4) is 0 Å². The van der Waals surface area contributed by atoms with E-state index in [1.807, 2.05) is 91.9 Å². The van der Waals surface area contributed by atoms with Gasteiger partial charge in [0.1, 0.15) is 11.6 Å². The number of benzene rings is 2. The van der Waals surface area contributed by atoms with Gasteiger partial charge in [-0.3, -0.25) is 19.3 Å². The maximum atomic E-state index is 14.9. The Balaban J connectivity index is 1.31. The first-order valence-electron chi connectivity index (χ1n) is 15.9. The molecule has 10 heteroatoms. The topological polar surface area (TPSA) is 103 Å². The highest BCUT2D eigenvalue weighted by molar-refractivity contribution is 6.04. The highest BCUT2D eigenvalue weighted by Crippen LogP contribution is 2.58. The van der Waals surface area contributed by atoms with E-state index < -0.39 is 35.1 Å². The minimum Gasteiger partial charge on any atom is -0.394 e. The lowest BCUT2D eigenvalue weighted by Crippen LogP contribution is -2.57. The van der Waals surface area contributed by atoms with Gasteiger partial charge >= 0.3 is 0 Å². The summed E-state index contributed by atoms with van der Waals surface area (Å²) in [5, 5.41) is 10.8. The molecular formula is C35H40N4O6. The van der Waals surface area contributed by atoms with Crippen molar-refractivity contribution in [2.75, 3.05) is 64.0 Å². The normalized spacial score (nSPS) is 32.3. The number of anilines is 1. The van der Waals surface area contributed by atoms with Crippen molar-refractivity contribution in [3.05, 3.63) is 90.5 Å². The van der Waals surface area contributed by atoms with Gasteiger partial charge in [0.15, 0.2) is 0 Å². The van der Waals surface area contributed by atoms with Crippen molar-refractivity contribution in [3.63, 3.8) is 0 Å². The number of para-hydroxylation sites is 1. The maximum Gasteiger partial charge on any atom is 0.249 e. The van der Waals surface area contributed by atoms with E-state index in [1.165, 1.54) is 4.90 Å². The van der Waals surface area contributed by atoms with Crippen LogP contribution in [0, 0.1) is 11.8 Å². The lowest BCUT2D eigenvalue weighted by Gasteiger charge is -2.40. The third-order valence-electron chi connectivity index (χ3n) is 10.1. The number of ether oxygens (including phenoxy) is 2. The zero-order valence-electron chi connectivity index (χ0n) is 25.5. The molecular weight excluding hydrogens is 572 g/mol. The number of nitrogens with zero attached hydrogens (tertiary/aromatic N) is 4. The van der Waals surface area contributed by atoms with E-state index in [4.69, 9.17) is 9.47 Å². The molecule has 0 aliphatic carbocycles. The molecule has 6 atom stereocenters. The molecule has 0 bridgehead atoms. The van der Waals surface area contributed by atoms with E-state index in [9.17, 15) is 19.5 Å². The van der Waals surface area contributed by atoms with Gasteiger partial charge < -0.3 is 29.3 Å². The predicted molar refractivity (Wildman–Crippen MR) is 167 cm³/mol. The number of morpholine rings is 1. The first kappa shape index (κ1) is 29.9. The van der Waals surface area contributed by atoms with Crippen LogP contribution < -0.4 is 4.90 Å². The van der Waals surface area contributed by atoms with E-state index >= 15 is 0 Å². The van der Waals surface area contributed by atoms with Crippen molar-refractivity contribution in [2.45, 2.75) is 30.2 Å². The fraction of sp³-hybridized carbons (Fsp3) is 0.457. The first-order valence-corrected chi connectivity index (χ1v) is 15.9. The van der Waals surface area contributed by atoms with Gasteiger partial charge in [-0.05, 0) is 24.6 Å². The number of likely N-dealkylation sites (tertiary alicyclic amines) is 1. The molecule has 10 nitrogen and oxygen atoms in total. The molecule has 2 aromatic rings. The lowest BCUT2D eigenvalue weighted by molar-refractivity contribution is -0.154. The van der Waals surface area contributed by atoms with Crippen molar-refractivity contribution >= 4 is 23.4 Å². The summed E-state index contributed by atoms with van der Waals surface area (Å²) in [6.07, 6.45) is 7.58. The Morgan fingerprint density at radius 1 is 0.844 bits per heavy atom. The van der Waals surface area contributed by atoms with Gasteiger partial charge in [0, 0.05) is 45.0 Å². The Labute approximate surface area is 263 Å². The number of carbonyl (C=O) groups is 3. The number of fused-ring (bicyclic) bond motifs is 2. The summed E-state index contributed by atoms with van der Waals surface area (Å²) in [7, 11) is 0. The molecule has 7 rings (SSSR count). The Hall–Kier alpha value is -3.83. The minimum absolute atomic E-state index is 0.223. The van der Waals surface area contributed by atoms with Gasteiger partial charge in [-0.2, -0.15) is 0 Å². The molecule has 2 aromatic carbocycles. The molecule has 1 spiro atoms. The van der Waals surface area contributed by atoms with Gasteiger partial charge in [0.2, 0.25) is 17.7 Å². The van der Waals surface area contributed by atoms with Crippen LogP contribution in [0.4, 0.5) is 5.69 Å². The summed E-state index contributed by atoms with van der Waals surface area (Å²) < 4.78 is 12.5. The number of aliphatic hydroxyl groups excluding tert-OH is 1. The second kappa shape index (κ2) is 11.8. The largest absolute Gasteiger partial charge is 0.394 e. The average Bonchev–Trinajstić information content (AvgIpc) is 3.34. The van der Waals surface area contributed by atoms with Crippen LogP contribution in [0.15, 0.2) is 85.0 Å². The monoisotopic (exact) mass is 612 g/mol. The standard InChI is InChI=1S/C35H40N4O6/c1-34-14-8-17-38(26-12-6-3-7-13-26)31(41)28(34)29-32(42)39(27(24-40)25-10-4-2-5-11-25)30-33(43)37(16-9-15-35(29,30)45-34)19-18-36-20-22-44-23-21-36/h2-15,27-30,40H,16-24H2,1H3/t27-,28-,29+,30?,34+,35+/m1/s1. The molecule has 0 aromatic heterocycles.